The van der Waals surface area contributed by atoms with Crippen LogP contribution in [-0.2, 0) is 19.1 Å². The minimum atomic E-state index is -0.788. The van der Waals surface area contributed by atoms with Crippen LogP contribution in [-0.4, -0.2) is 31.4 Å². The van der Waals surface area contributed by atoms with Crippen LogP contribution in [0.1, 0.15) is 12.0 Å². The van der Waals surface area contributed by atoms with Gasteiger partial charge in [-0.2, -0.15) is 0 Å². The van der Waals surface area contributed by atoms with Crippen molar-refractivity contribution in [3.05, 3.63) is 29.8 Å². The summed E-state index contributed by atoms with van der Waals surface area (Å²) in [5.74, 6) is 0.250. The van der Waals surface area contributed by atoms with E-state index < -0.39 is 18.0 Å². The number of benzene rings is 1. The van der Waals surface area contributed by atoms with Gasteiger partial charge in [0, 0.05) is 12.5 Å². The number of carbonyl (C=O) groups is 2. The molecule has 2 aliphatic rings. The summed E-state index contributed by atoms with van der Waals surface area (Å²) in [4.78, 5) is 22.7. The first-order valence-electron chi connectivity index (χ1n) is 6.17. The van der Waals surface area contributed by atoms with Crippen molar-refractivity contribution in [3.63, 3.8) is 0 Å². The first kappa shape index (κ1) is 12.5. The van der Waals surface area contributed by atoms with Gasteiger partial charge < -0.3 is 18.9 Å². The second-order valence-corrected chi connectivity index (χ2v) is 4.33. The van der Waals surface area contributed by atoms with E-state index in [1.54, 1.807) is 24.3 Å². The number of fused-ring (bicyclic) bond motifs is 1. The van der Waals surface area contributed by atoms with Crippen LogP contribution < -0.4 is 9.47 Å². The summed E-state index contributed by atoms with van der Waals surface area (Å²) >= 11 is 0. The van der Waals surface area contributed by atoms with E-state index in [0.29, 0.717) is 24.5 Å². The summed E-state index contributed by atoms with van der Waals surface area (Å²) in [5, 5.41) is 0. The van der Waals surface area contributed by atoms with Crippen LogP contribution in [0.2, 0.25) is 0 Å². The van der Waals surface area contributed by atoms with E-state index in [9.17, 15) is 9.59 Å². The third-order valence-corrected chi connectivity index (χ3v) is 2.95. The molecule has 3 rings (SSSR count). The Morgan fingerprint density at radius 2 is 2.10 bits per heavy atom. The molecule has 6 nitrogen and oxygen atoms in total. The minimum Gasteiger partial charge on any atom is -0.463 e. The second kappa shape index (κ2) is 5.24. The average molecular weight is 276 g/mol. The third-order valence-electron chi connectivity index (χ3n) is 2.95. The Balaban J connectivity index is 1.62. The van der Waals surface area contributed by atoms with E-state index >= 15 is 0 Å². The molecule has 2 heterocycles. The number of cyclic esters (lactones) is 1. The van der Waals surface area contributed by atoms with Crippen LogP contribution in [0.25, 0.3) is 6.08 Å². The summed E-state index contributed by atoms with van der Waals surface area (Å²) in [7, 11) is 0. The molecule has 0 N–H and O–H groups in total. The van der Waals surface area contributed by atoms with Crippen molar-refractivity contribution in [1.29, 1.82) is 0 Å². The highest BCUT2D eigenvalue weighted by atomic mass is 16.7. The molecule has 0 spiro atoms. The van der Waals surface area contributed by atoms with Gasteiger partial charge in [0.25, 0.3) is 0 Å². The summed E-state index contributed by atoms with van der Waals surface area (Å²) in [5.41, 5.74) is 0.778. The van der Waals surface area contributed by atoms with Gasteiger partial charge in [-0.3, -0.25) is 0 Å². The molecule has 0 amide bonds. The lowest BCUT2D eigenvalue weighted by Crippen LogP contribution is -2.21. The van der Waals surface area contributed by atoms with Crippen molar-refractivity contribution in [3.8, 4) is 11.5 Å². The van der Waals surface area contributed by atoms with Crippen molar-refractivity contribution < 1.29 is 28.5 Å². The maximum atomic E-state index is 11.6. The lowest BCUT2D eigenvalue weighted by molar-refractivity contribution is -0.156. The fourth-order valence-corrected chi connectivity index (χ4v) is 1.94. The van der Waals surface area contributed by atoms with E-state index in [1.165, 1.54) is 6.08 Å². The van der Waals surface area contributed by atoms with Gasteiger partial charge in [0.1, 0.15) is 0 Å². The van der Waals surface area contributed by atoms with Crippen molar-refractivity contribution in [2.24, 2.45) is 0 Å². The predicted octanol–water partition coefficient (Wildman–Crippen LogP) is 1.29. The average Bonchev–Trinajstić information content (AvgIpc) is 3.05. The molecule has 0 aliphatic carbocycles. The first-order chi connectivity index (χ1) is 9.72. The molecule has 1 atom stereocenters. The van der Waals surface area contributed by atoms with Gasteiger partial charge in [-0.05, 0) is 23.8 Å². The van der Waals surface area contributed by atoms with Crippen molar-refractivity contribution in [1.82, 2.24) is 0 Å². The fourth-order valence-electron chi connectivity index (χ4n) is 1.94. The zero-order valence-electron chi connectivity index (χ0n) is 10.5. The Hall–Kier alpha value is -2.50. The van der Waals surface area contributed by atoms with Gasteiger partial charge in [0.15, 0.2) is 11.5 Å². The Morgan fingerprint density at radius 3 is 2.90 bits per heavy atom. The molecule has 20 heavy (non-hydrogen) atoms. The predicted molar refractivity (Wildman–Crippen MR) is 67.1 cm³/mol. The number of hydrogen-bond acceptors (Lipinski definition) is 6. The molecule has 0 unspecified atom stereocenters. The summed E-state index contributed by atoms with van der Waals surface area (Å²) < 4.78 is 20.1. The summed E-state index contributed by atoms with van der Waals surface area (Å²) in [6.07, 6.45) is 2.47. The third kappa shape index (κ3) is 2.59. The Labute approximate surface area is 114 Å². The van der Waals surface area contributed by atoms with Crippen LogP contribution in [0.5, 0.6) is 11.5 Å². The summed E-state index contributed by atoms with van der Waals surface area (Å²) in [6.45, 7) is 0.497. The van der Waals surface area contributed by atoms with E-state index in [2.05, 4.69) is 0 Å². The van der Waals surface area contributed by atoms with Crippen LogP contribution in [0.3, 0.4) is 0 Å². The zero-order chi connectivity index (χ0) is 13.9. The lowest BCUT2D eigenvalue weighted by atomic mass is 10.2. The minimum absolute atomic E-state index is 0.203. The zero-order valence-corrected chi connectivity index (χ0v) is 10.5. The SMILES string of the molecule is O=C(/C=C/c1ccc2c(c1)OCO2)O[C@@H]1CCOC1=O. The molecular formula is C14H12O6. The van der Waals surface area contributed by atoms with Gasteiger partial charge in [0.2, 0.25) is 12.9 Å². The van der Waals surface area contributed by atoms with Gasteiger partial charge >= 0.3 is 11.9 Å². The maximum absolute atomic E-state index is 11.6. The highest BCUT2D eigenvalue weighted by Crippen LogP contribution is 2.32. The molecule has 0 aromatic heterocycles. The molecule has 0 saturated carbocycles. The molecule has 6 heteroatoms. The molecular weight excluding hydrogens is 264 g/mol. The number of ether oxygens (including phenoxy) is 4. The van der Waals surface area contributed by atoms with Gasteiger partial charge in [-0.25, -0.2) is 9.59 Å². The summed E-state index contributed by atoms with van der Waals surface area (Å²) in [6, 6.07) is 5.32. The Kier molecular flexibility index (Phi) is 3.28. The van der Waals surface area contributed by atoms with Crippen molar-refractivity contribution >= 4 is 18.0 Å². The van der Waals surface area contributed by atoms with Crippen LogP contribution in [0.15, 0.2) is 24.3 Å². The monoisotopic (exact) mass is 276 g/mol. The molecule has 0 radical (unpaired) electrons. The van der Waals surface area contributed by atoms with Gasteiger partial charge in [-0.1, -0.05) is 6.07 Å². The van der Waals surface area contributed by atoms with E-state index in [-0.39, 0.29) is 6.79 Å². The number of rotatable bonds is 3. The number of esters is 2. The number of hydrogen-bond donors (Lipinski definition) is 0. The molecule has 1 aromatic rings. The lowest BCUT2D eigenvalue weighted by Gasteiger charge is -2.05. The van der Waals surface area contributed by atoms with Gasteiger partial charge in [0.05, 0.1) is 6.61 Å². The molecule has 2 aliphatic heterocycles. The van der Waals surface area contributed by atoms with E-state index in [0.717, 1.165) is 5.56 Å². The van der Waals surface area contributed by atoms with Crippen LogP contribution in [0.4, 0.5) is 0 Å². The fraction of sp³-hybridized carbons (Fsp3) is 0.286. The van der Waals surface area contributed by atoms with E-state index in [4.69, 9.17) is 18.9 Å². The van der Waals surface area contributed by atoms with Gasteiger partial charge in [-0.15, -0.1) is 0 Å². The molecule has 104 valence electrons. The Bertz CT molecular complexity index is 577. The van der Waals surface area contributed by atoms with Crippen molar-refractivity contribution in [2.75, 3.05) is 13.4 Å². The quantitative estimate of drug-likeness (QED) is 0.612. The molecule has 1 saturated heterocycles. The van der Waals surface area contributed by atoms with Crippen LogP contribution >= 0.6 is 0 Å². The first-order valence-corrected chi connectivity index (χ1v) is 6.17. The highest BCUT2D eigenvalue weighted by Gasteiger charge is 2.29. The maximum Gasteiger partial charge on any atom is 0.347 e. The second-order valence-electron chi connectivity index (χ2n) is 4.33. The standard InChI is InChI=1S/C14H12O6/c15-13(20-11-5-6-17-14(11)16)4-2-9-1-3-10-12(7-9)19-8-18-10/h1-4,7,11H,5-6,8H2/b4-2+/t11-/m1/s1. The number of carbonyl (C=O) groups excluding carboxylic acids is 2. The smallest absolute Gasteiger partial charge is 0.347 e. The molecule has 1 fully saturated rings. The van der Waals surface area contributed by atoms with Crippen LogP contribution in [0, 0.1) is 0 Å². The topological polar surface area (TPSA) is 71.1 Å². The highest BCUT2D eigenvalue weighted by molar-refractivity contribution is 5.89. The molecule has 1 aromatic carbocycles. The van der Waals surface area contributed by atoms with Crippen molar-refractivity contribution in [2.45, 2.75) is 12.5 Å². The Morgan fingerprint density at radius 1 is 1.25 bits per heavy atom. The van der Waals surface area contributed by atoms with E-state index in [1.807, 2.05) is 0 Å². The molecule has 0 bridgehead atoms. The normalized spacial score (nSPS) is 20.2. The largest absolute Gasteiger partial charge is 0.463 e.